The van der Waals surface area contributed by atoms with Gasteiger partial charge in [-0.3, -0.25) is 19.6 Å². The Kier molecular flexibility index (Phi) is 7.07. The summed E-state index contributed by atoms with van der Waals surface area (Å²) in [5, 5.41) is 5.78. The van der Waals surface area contributed by atoms with Crippen LogP contribution in [0.4, 0.5) is 18.9 Å². The van der Waals surface area contributed by atoms with Crippen molar-refractivity contribution in [2.75, 3.05) is 17.6 Å². The fraction of sp³-hybridized carbons (Fsp3) is 0.333. The van der Waals surface area contributed by atoms with Gasteiger partial charge in [0.1, 0.15) is 5.69 Å². The lowest BCUT2D eigenvalue weighted by Gasteiger charge is -2.30. The molecule has 0 aliphatic carbocycles. The van der Waals surface area contributed by atoms with Gasteiger partial charge in [-0.1, -0.05) is 23.9 Å². The number of carbonyl (C=O) groups is 2. The van der Waals surface area contributed by atoms with Crippen LogP contribution in [0.1, 0.15) is 41.4 Å². The van der Waals surface area contributed by atoms with E-state index in [1.165, 1.54) is 11.8 Å². The number of nitrogens with zero attached hydrogens (tertiary/aromatic N) is 2. The Hall–Kier alpha value is -3.08. The van der Waals surface area contributed by atoms with Crippen molar-refractivity contribution in [3.05, 3.63) is 59.4 Å². The molecule has 2 amide bonds. The number of thioether (sulfide) groups is 1. The molecule has 1 unspecified atom stereocenters. The molecule has 1 aromatic carbocycles. The third-order valence-electron chi connectivity index (χ3n) is 4.93. The van der Waals surface area contributed by atoms with E-state index in [1.807, 2.05) is 25.1 Å². The normalized spacial score (nSPS) is 18.6. The molecular formula is C21H22F3N5O2S. The number of amidine groups is 1. The molecule has 1 aliphatic rings. The number of nitrogens with two attached hydrogens (primary N) is 1. The zero-order chi connectivity index (χ0) is 23.4. The molecule has 0 saturated carbocycles. The number of alkyl halides is 3. The maximum absolute atomic E-state index is 12.6. The molecule has 3 rings (SSSR count). The Morgan fingerprint density at radius 1 is 1.25 bits per heavy atom. The average molecular weight is 466 g/mol. The summed E-state index contributed by atoms with van der Waals surface area (Å²) in [6.07, 6.45) is -3.13. The van der Waals surface area contributed by atoms with Crippen LogP contribution in [0, 0.1) is 0 Å². The third-order valence-corrected chi connectivity index (χ3v) is 5.72. The minimum atomic E-state index is -4.52. The van der Waals surface area contributed by atoms with E-state index in [2.05, 4.69) is 20.6 Å². The first-order valence-electron chi connectivity index (χ1n) is 9.77. The van der Waals surface area contributed by atoms with Gasteiger partial charge in [0.2, 0.25) is 5.91 Å². The number of aromatic nitrogens is 1. The van der Waals surface area contributed by atoms with E-state index < -0.39 is 23.2 Å². The van der Waals surface area contributed by atoms with Gasteiger partial charge in [0, 0.05) is 30.6 Å². The number of amides is 2. The summed E-state index contributed by atoms with van der Waals surface area (Å²) < 4.78 is 37.7. The smallest absolute Gasteiger partial charge is 0.379 e. The second kappa shape index (κ2) is 9.60. The molecule has 0 fully saturated rings. The lowest BCUT2D eigenvalue weighted by Crippen LogP contribution is -2.29. The Morgan fingerprint density at radius 2 is 2.03 bits per heavy atom. The molecule has 1 atom stereocenters. The molecule has 4 N–H and O–H groups in total. The Balaban J connectivity index is 1.52. The molecule has 0 spiro atoms. The van der Waals surface area contributed by atoms with Crippen molar-refractivity contribution in [3.63, 3.8) is 0 Å². The first-order valence-corrected chi connectivity index (χ1v) is 10.8. The predicted octanol–water partition coefficient (Wildman–Crippen LogP) is 3.53. The van der Waals surface area contributed by atoms with Gasteiger partial charge >= 0.3 is 6.18 Å². The molecule has 1 aliphatic heterocycles. The highest BCUT2D eigenvalue weighted by Crippen LogP contribution is 2.35. The average Bonchev–Trinajstić information content (AvgIpc) is 2.73. The predicted molar refractivity (Wildman–Crippen MR) is 117 cm³/mol. The number of hydrogen-bond acceptors (Lipinski definition) is 6. The van der Waals surface area contributed by atoms with E-state index in [9.17, 15) is 22.8 Å². The molecule has 170 valence electrons. The number of halogens is 3. The summed E-state index contributed by atoms with van der Waals surface area (Å²) in [5.41, 5.74) is 5.83. The van der Waals surface area contributed by atoms with Gasteiger partial charge < -0.3 is 16.4 Å². The van der Waals surface area contributed by atoms with Gasteiger partial charge in [0.25, 0.3) is 5.91 Å². The molecule has 32 heavy (non-hydrogen) atoms. The van der Waals surface area contributed by atoms with Gasteiger partial charge in [-0.15, -0.1) is 0 Å². The minimum Gasteiger partial charge on any atom is -0.379 e. The zero-order valence-corrected chi connectivity index (χ0v) is 18.0. The Labute approximate surface area is 187 Å². The largest absolute Gasteiger partial charge is 0.417 e. The second-order valence-corrected chi connectivity index (χ2v) is 8.50. The summed E-state index contributed by atoms with van der Waals surface area (Å²) in [5.74, 6) is -0.127. The van der Waals surface area contributed by atoms with Crippen LogP contribution in [-0.2, 0) is 16.5 Å². The van der Waals surface area contributed by atoms with Crippen molar-refractivity contribution in [2.24, 2.45) is 10.7 Å². The van der Waals surface area contributed by atoms with Crippen molar-refractivity contribution in [1.82, 2.24) is 10.3 Å². The van der Waals surface area contributed by atoms with Crippen LogP contribution >= 0.6 is 11.8 Å². The van der Waals surface area contributed by atoms with E-state index in [1.54, 1.807) is 6.07 Å². The first kappa shape index (κ1) is 23.6. The molecule has 2 aromatic rings. The summed E-state index contributed by atoms with van der Waals surface area (Å²) in [7, 11) is 0. The quantitative estimate of drug-likeness (QED) is 0.605. The number of pyridine rings is 1. The maximum Gasteiger partial charge on any atom is 0.417 e. The highest BCUT2D eigenvalue weighted by atomic mass is 32.2. The van der Waals surface area contributed by atoms with E-state index in [-0.39, 0.29) is 24.6 Å². The number of nitrogens with one attached hydrogen (secondary N) is 2. The van der Waals surface area contributed by atoms with Crippen molar-refractivity contribution in [1.29, 1.82) is 0 Å². The summed E-state index contributed by atoms with van der Waals surface area (Å²) in [6, 6.07) is 9.12. The maximum atomic E-state index is 12.6. The van der Waals surface area contributed by atoms with Crippen LogP contribution in [0.3, 0.4) is 0 Å². The lowest BCUT2D eigenvalue weighted by atomic mass is 9.89. The standard InChI is InChI=1S/C21H22F3N5O2S/c1-20(8-10-32-19(25)29-20)13-3-2-4-15(11-13)28-17(30)7-9-26-18(31)16-6-5-14(12-27-16)21(22,23)24/h2-6,11-12H,7-10H2,1H3,(H2,25,29)(H,26,31)(H,28,30). The zero-order valence-electron chi connectivity index (χ0n) is 17.2. The van der Waals surface area contributed by atoms with Crippen LogP contribution in [0.5, 0.6) is 0 Å². The summed E-state index contributed by atoms with van der Waals surface area (Å²) in [4.78, 5) is 32.3. The van der Waals surface area contributed by atoms with Crippen LogP contribution in [0.2, 0.25) is 0 Å². The van der Waals surface area contributed by atoms with Gasteiger partial charge in [-0.2, -0.15) is 13.2 Å². The fourth-order valence-corrected chi connectivity index (χ4v) is 4.10. The SMILES string of the molecule is CC1(c2cccc(NC(=O)CCNC(=O)c3ccc(C(F)(F)F)cn3)c2)CCSC(N)=N1. The van der Waals surface area contributed by atoms with E-state index in [0.717, 1.165) is 29.9 Å². The molecule has 2 heterocycles. The van der Waals surface area contributed by atoms with Gasteiger partial charge in [-0.05, 0) is 43.2 Å². The van der Waals surface area contributed by atoms with Crippen LogP contribution in [0.15, 0.2) is 47.6 Å². The third kappa shape index (κ3) is 6.00. The minimum absolute atomic E-state index is 0.00280. The topological polar surface area (TPSA) is 109 Å². The van der Waals surface area contributed by atoms with Gasteiger partial charge in [0.15, 0.2) is 5.17 Å². The number of benzene rings is 1. The molecule has 0 bridgehead atoms. The molecule has 0 saturated heterocycles. The summed E-state index contributed by atoms with van der Waals surface area (Å²) in [6.45, 7) is 1.99. The number of rotatable bonds is 6. The first-order chi connectivity index (χ1) is 15.1. The van der Waals surface area contributed by atoms with Gasteiger partial charge in [0.05, 0.1) is 11.1 Å². The molecular weight excluding hydrogens is 443 g/mol. The molecule has 0 radical (unpaired) electrons. The number of hydrogen-bond donors (Lipinski definition) is 3. The van der Waals surface area contributed by atoms with Crippen molar-refractivity contribution in [2.45, 2.75) is 31.5 Å². The highest BCUT2D eigenvalue weighted by Gasteiger charge is 2.31. The van der Waals surface area contributed by atoms with Crippen molar-refractivity contribution in [3.8, 4) is 0 Å². The Morgan fingerprint density at radius 3 is 2.69 bits per heavy atom. The lowest BCUT2D eigenvalue weighted by molar-refractivity contribution is -0.137. The van der Waals surface area contributed by atoms with Gasteiger partial charge in [-0.25, -0.2) is 0 Å². The van der Waals surface area contributed by atoms with Crippen LogP contribution in [0.25, 0.3) is 0 Å². The number of aliphatic imine (C=N–C) groups is 1. The van der Waals surface area contributed by atoms with Crippen molar-refractivity contribution < 1.29 is 22.8 Å². The molecule has 1 aromatic heterocycles. The molecule has 7 nitrogen and oxygen atoms in total. The number of anilines is 1. The van der Waals surface area contributed by atoms with E-state index in [4.69, 9.17) is 5.73 Å². The molecule has 11 heteroatoms. The second-order valence-electron chi connectivity index (χ2n) is 7.39. The van der Waals surface area contributed by atoms with E-state index in [0.29, 0.717) is 17.1 Å². The van der Waals surface area contributed by atoms with Crippen LogP contribution < -0.4 is 16.4 Å². The van der Waals surface area contributed by atoms with Crippen molar-refractivity contribution >= 4 is 34.4 Å². The fourth-order valence-electron chi connectivity index (χ4n) is 3.13. The number of carbonyl (C=O) groups excluding carboxylic acids is 2. The van der Waals surface area contributed by atoms with E-state index >= 15 is 0 Å². The van der Waals surface area contributed by atoms with Crippen LogP contribution in [-0.4, -0.2) is 34.3 Å². The summed E-state index contributed by atoms with van der Waals surface area (Å²) >= 11 is 1.51. The Bertz CT molecular complexity index is 1030. The monoisotopic (exact) mass is 465 g/mol. The highest BCUT2D eigenvalue weighted by molar-refractivity contribution is 8.13.